The van der Waals surface area contributed by atoms with Crippen molar-refractivity contribution in [1.82, 2.24) is 14.8 Å². The highest BCUT2D eigenvalue weighted by Crippen LogP contribution is 2.36. The normalized spacial score (nSPS) is 15.1. The largest absolute Gasteiger partial charge is 0.508 e. The van der Waals surface area contributed by atoms with Crippen LogP contribution in [0.5, 0.6) is 17.2 Å². The Balaban J connectivity index is 1.50. The topological polar surface area (TPSA) is 86.5 Å². The van der Waals surface area contributed by atoms with Gasteiger partial charge < -0.3 is 14.6 Å². The van der Waals surface area contributed by atoms with Crippen LogP contribution in [-0.2, 0) is 6.54 Å². The first-order valence-corrected chi connectivity index (χ1v) is 10.0. The van der Waals surface area contributed by atoms with Crippen molar-refractivity contribution < 1.29 is 19.4 Å². The summed E-state index contributed by atoms with van der Waals surface area (Å²) < 4.78 is 13.7. The summed E-state index contributed by atoms with van der Waals surface area (Å²) >= 11 is 1.30. The molecule has 0 unspecified atom stereocenters. The van der Waals surface area contributed by atoms with Crippen LogP contribution in [0.2, 0.25) is 0 Å². The number of para-hydroxylation sites is 2. The summed E-state index contributed by atoms with van der Waals surface area (Å²) in [5.74, 6) is 2.25. The van der Waals surface area contributed by atoms with Gasteiger partial charge in [0.25, 0.3) is 0 Å². The SMILES string of the molecule is C=CCn1c(SCC(=O)c2ccc(O)cc2)nnc1[C@H]1COc2ccccc2O1. The Hall–Kier alpha value is -3.26. The molecule has 1 aliphatic rings. The van der Waals surface area contributed by atoms with E-state index in [-0.39, 0.29) is 17.3 Å². The Morgan fingerprint density at radius 3 is 2.72 bits per heavy atom. The van der Waals surface area contributed by atoms with E-state index >= 15 is 0 Å². The van der Waals surface area contributed by atoms with Crippen LogP contribution in [0.3, 0.4) is 0 Å². The van der Waals surface area contributed by atoms with Crippen LogP contribution in [0.4, 0.5) is 0 Å². The maximum atomic E-state index is 12.4. The lowest BCUT2D eigenvalue weighted by Gasteiger charge is -2.26. The van der Waals surface area contributed by atoms with Crippen LogP contribution in [0.15, 0.2) is 66.3 Å². The van der Waals surface area contributed by atoms with Crippen molar-refractivity contribution in [1.29, 1.82) is 0 Å². The highest BCUT2D eigenvalue weighted by molar-refractivity contribution is 7.99. The van der Waals surface area contributed by atoms with E-state index in [1.165, 1.54) is 23.9 Å². The Morgan fingerprint density at radius 2 is 1.97 bits per heavy atom. The molecule has 1 aliphatic heterocycles. The minimum atomic E-state index is -0.403. The van der Waals surface area contributed by atoms with E-state index in [2.05, 4.69) is 16.8 Å². The fraction of sp³-hybridized carbons (Fsp3) is 0.190. The molecule has 0 radical (unpaired) electrons. The lowest BCUT2D eigenvalue weighted by Crippen LogP contribution is -2.25. The third-order valence-corrected chi connectivity index (χ3v) is 5.34. The third-order valence-electron chi connectivity index (χ3n) is 4.38. The molecule has 4 rings (SSSR count). The molecule has 0 saturated carbocycles. The molecular formula is C21H19N3O4S. The number of phenolic OH excluding ortho intramolecular Hbond substituents is 1. The number of phenols is 1. The monoisotopic (exact) mass is 409 g/mol. The number of aromatic hydroxyl groups is 1. The first kappa shape index (κ1) is 19.1. The number of ether oxygens (including phenoxy) is 2. The van der Waals surface area contributed by atoms with Gasteiger partial charge in [0.05, 0.1) is 5.75 Å². The van der Waals surface area contributed by atoms with Crippen molar-refractivity contribution in [2.75, 3.05) is 12.4 Å². The standard InChI is InChI=1S/C21H19N3O4S/c1-2-11-24-20(19-12-27-17-5-3-4-6-18(17)28-19)22-23-21(24)29-13-16(26)14-7-9-15(25)10-8-14/h2-10,19,25H,1,11-13H2/t19-/m1/s1. The van der Waals surface area contributed by atoms with E-state index in [0.717, 1.165) is 0 Å². The van der Waals surface area contributed by atoms with Gasteiger partial charge in [0.15, 0.2) is 34.4 Å². The number of rotatable bonds is 7. The zero-order chi connectivity index (χ0) is 20.2. The second kappa shape index (κ2) is 8.40. The zero-order valence-corrected chi connectivity index (χ0v) is 16.3. The number of benzene rings is 2. The number of carbonyl (C=O) groups is 1. The Kier molecular flexibility index (Phi) is 5.53. The number of aromatic nitrogens is 3. The number of Topliss-reactive ketones (excluding diaryl/α,β-unsaturated/α-hetero) is 1. The summed E-state index contributed by atoms with van der Waals surface area (Å²) in [6.07, 6.45) is 1.34. The predicted octanol–water partition coefficient (Wildman–Crippen LogP) is 3.66. The van der Waals surface area contributed by atoms with Crippen molar-refractivity contribution in [2.24, 2.45) is 0 Å². The van der Waals surface area contributed by atoms with Crippen LogP contribution in [0.25, 0.3) is 0 Å². The predicted molar refractivity (Wildman–Crippen MR) is 109 cm³/mol. The van der Waals surface area contributed by atoms with E-state index in [0.29, 0.717) is 41.2 Å². The molecule has 0 spiro atoms. The fourth-order valence-electron chi connectivity index (χ4n) is 2.95. The Labute approximate surface area is 172 Å². The summed E-state index contributed by atoms with van der Waals surface area (Å²) in [6.45, 7) is 4.61. The van der Waals surface area contributed by atoms with Gasteiger partial charge in [-0.05, 0) is 36.4 Å². The zero-order valence-electron chi connectivity index (χ0n) is 15.5. The molecule has 0 saturated heterocycles. The van der Waals surface area contributed by atoms with Gasteiger partial charge in [-0.25, -0.2) is 0 Å². The van der Waals surface area contributed by atoms with Crippen LogP contribution < -0.4 is 9.47 Å². The molecule has 148 valence electrons. The van der Waals surface area contributed by atoms with Crippen LogP contribution >= 0.6 is 11.8 Å². The maximum absolute atomic E-state index is 12.4. The first-order valence-electron chi connectivity index (χ1n) is 9.03. The molecule has 1 aromatic heterocycles. The minimum absolute atomic E-state index is 0.0594. The van der Waals surface area contributed by atoms with Crippen LogP contribution in [0.1, 0.15) is 22.3 Å². The quantitative estimate of drug-likeness (QED) is 0.362. The van der Waals surface area contributed by atoms with E-state index in [1.54, 1.807) is 18.2 Å². The first-order chi connectivity index (χ1) is 14.2. The van der Waals surface area contributed by atoms with Gasteiger partial charge in [0.2, 0.25) is 0 Å². The molecule has 2 aromatic carbocycles. The number of fused-ring (bicyclic) bond motifs is 1. The van der Waals surface area contributed by atoms with E-state index < -0.39 is 6.10 Å². The lowest BCUT2D eigenvalue weighted by atomic mass is 10.1. The number of hydrogen-bond donors (Lipinski definition) is 1. The smallest absolute Gasteiger partial charge is 0.192 e. The Bertz CT molecular complexity index is 1030. The molecule has 2 heterocycles. The van der Waals surface area contributed by atoms with Crippen molar-refractivity contribution in [3.63, 3.8) is 0 Å². The fourth-order valence-corrected chi connectivity index (χ4v) is 3.80. The number of hydrogen-bond acceptors (Lipinski definition) is 7. The van der Waals surface area contributed by atoms with Crippen molar-refractivity contribution in [3.05, 3.63) is 72.6 Å². The highest BCUT2D eigenvalue weighted by atomic mass is 32.2. The second-order valence-corrected chi connectivity index (χ2v) is 7.31. The molecule has 1 atom stereocenters. The van der Waals surface area contributed by atoms with Gasteiger partial charge >= 0.3 is 0 Å². The van der Waals surface area contributed by atoms with E-state index in [1.807, 2.05) is 28.8 Å². The summed E-state index contributed by atoms with van der Waals surface area (Å²) in [5.41, 5.74) is 0.533. The van der Waals surface area contributed by atoms with Gasteiger partial charge in [0.1, 0.15) is 12.4 Å². The number of carbonyl (C=O) groups excluding carboxylic acids is 1. The molecular weight excluding hydrogens is 390 g/mol. The number of thioether (sulfide) groups is 1. The van der Waals surface area contributed by atoms with Crippen molar-refractivity contribution in [2.45, 2.75) is 17.8 Å². The molecule has 3 aromatic rings. The maximum Gasteiger partial charge on any atom is 0.192 e. The Morgan fingerprint density at radius 1 is 1.21 bits per heavy atom. The van der Waals surface area contributed by atoms with Gasteiger partial charge in [-0.3, -0.25) is 9.36 Å². The number of allylic oxidation sites excluding steroid dienone is 1. The number of nitrogens with zero attached hydrogens (tertiary/aromatic N) is 3. The number of ketones is 1. The molecule has 0 bridgehead atoms. The van der Waals surface area contributed by atoms with Gasteiger partial charge in [-0.2, -0.15) is 0 Å². The van der Waals surface area contributed by atoms with Gasteiger partial charge in [-0.15, -0.1) is 16.8 Å². The summed E-state index contributed by atoms with van der Waals surface area (Å²) in [5, 5.41) is 18.5. The molecule has 0 fully saturated rings. The molecule has 0 amide bonds. The lowest BCUT2D eigenvalue weighted by molar-refractivity contribution is 0.0821. The molecule has 0 aliphatic carbocycles. The molecule has 29 heavy (non-hydrogen) atoms. The van der Waals surface area contributed by atoms with E-state index in [9.17, 15) is 9.90 Å². The second-order valence-electron chi connectivity index (χ2n) is 6.36. The van der Waals surface area contributed by atoms with Crippen molar-refractivity contribution in [3.8, 4) is 17.2 Å². The average Bonchev–Trinajstić information content (AvgIpc) is 3.15. The van der Waals surface area contributed by atoms with Crippen LogP contribution in [-0.4, -0.2) is 38.0 Å². The summed E-state index contributed by atoms with van der Waals surface area (Å²) in [4.78, 5) is 12.4. The van der Waals surface area contributed by atoms with Gasteiger partial charge in [-0.1, -0.05) is 30.0 Å². The molecule has 7 nitrogen and oxygen atoms in total. The molecule has 8 heteroatoms. The highest BCUT2D eigenvalue weighted by Gasteiger charge is 2.28. The summed E-state index contributed by atoms with van der Waals surface area (Å²) in [6, 6.07) is 13.7. The average molecular weight is 409 g/mol. The van der Waals surface area contributed by atoms with Crippen molar-refractivity contribution >= 4 is 17.5 Å². The molecule has 1 N–H and O–H groups in total. The minimum Gasteiger partial charge on any atom is -0.508 e. The third kappa shape index (κ3) is 4.12. The van der Waals surface area contributed by atoms with E-state index in [4.69, 9.17) is 9.47 Å². The van der Waals surface area contributed by atoms with Gasteiger partial charge in [0, 0.05) is 12.1 Å². The van der Waals surface area contributed by atoms with Crippen LogP contribution in [0, 0.1) is 0 Å². The summed E-state index contributed by atoms with van der Waals surface area (Å²) in [7, 11) is 0.